The number of hydrogen-bond acceptors (Lipinski definition) is 3. The zero-order valence-electron chi connectivity index (χ0n) is 18.3. The fraction of sp³-hybridized carbons (Fsp3) is 0.909. The highest BCUT2D eigenvalue weighted by molar-refractivity contribution is 5.07. The lowest BCUT2D eigenvalue weighted by Crippen LogP contribution is -2.47. The normalized spacial score (nSPS) is 21.1. The fourth-order valence-corrected chi connectivity index (χ4v) is 3.02. The first kappa shape index (κ1) is 24.4. The Morgan fingerprint density at radius 1 is 0.840 bits per heavy atom. The van der Waals surface area contributed by atoms with Gasteiger partial charge >= 0.3 is 0 Å². The van der Waals surface area contributed by atoms with Gasteiger partial charge in [-0.2, -0.15) is 0 Å². The lowest BCUT2D eigenvalue weighted by atomic mass is 9.96. The molecule has 2 heterocycles. The molecular weight excluding hydrogens is 306 g/mol. The van der Waals surface area contributed by atoms with Gasteiger partial charge in [0, 0.05) is 51.1 Å². The van der Waals surface area contributed by atoms with Crippen LogP contribution in [0.15, 0.2) is 0 Å². The molecule has 148 valence electrons. The highest BCUT2D eigenvalue weighted by Crippen LogP contribution is 2.16. The second-order valence-corrected chi connectivity index (χ2v) is 6.86. The van der Waals surface area contributed by atoms with Crippen LogP contribution >= 0.6 is 0 Å². The van der Waals surface area contributed by atoms with Crippen molar-refractivity contribution in [3.8, 4) is 11.8 Å². The van der Waals surface area contributed by atoms with E-state index in [0.29, 0.717) is 11.8 Å². The van der Waals surface area contributed by atoms with Crippen molar-refractivity contribution in [1.82, 2.24) is 14.7 Å². The van der Waals surface area contributed by atoms with Crippen molar-refractivity contribution in [2.75, 3.05) is 59.4 Å². The predicted octanol–water partition coefficient (Wildman–Crippen LogP) is 4.05. The first-order chi connectivity index (χ1) is 12.2. The van der Waals surface area contributed by atoms with E-state index in [1.165, 1.54) is 71.6 Å². The molecule has 3 heteroatoms. The van der Waals surface area contributed by atoms with E-state index in [1.807, 2.05) is 27.7 Å². The molecule has 0 N–H and O–H groups in total. The van der Waals surface area contributed by atoms with Crippen molar-refractivity contribution in [2.24, 2.45) is 11.8 Å². The van der Waals surface area contributed by atoms with Crippen molar-refractivity contribution in [1.29, 1.82) is 0 Å². The second kappa shape index (κ2) is 15.7. The van der Waals surface area contributed by atoms with Gasteiger partial charge in [0.1, 0.15) is 0 Å². The summed E-state index contributed by atoms with van der Waals surface area (Å²) in [5, 5.41) is 0. The molecule has 0 saturated carbocycles. The molecular formula is C22H45N3. The average Bonchev–Trinajstić information content (AvgIpc) is 2.69. The molecule has 2 aliphatic rings. The molecule has 2 aliphatic heterocycles. The first-order valence-electron chi connectivity index (χ1n) is 10.8. The summed E-state index contributed by atoms with van der Waals surface area (Å²) in [5.41, 5.74) is 0. The quantitative estimate of drug-likeness (QED) is 0.708. The Morgan fingerprint density at radius 2 is 1.32 bits per heavy atom. The van der Waals surface area contributed by atoms with E-state index in [0.717, 1.165) is 0 Å². The maximum atomic E-state index is 3.51. The van der Waals surface area contributed by atoms with Crippen LogP contribution in [0.25, 0.3) is 0 Å². The fourth-order valence-electron chi connectivity index (χ4n) is 3.02. The molecule has 0 radical (unpaired) electrons. The Hall–Kier alpha value is -0.560. The van der Waals surface area contributed by atoms with Crippen molar-refractivity contribution >= 4 is 0 Å². The highest BCUT2D eigenvalue weighted by atomic mass is 15.3. The third kappa shape index (κ3) is 10.9. The molecule has 1 atom stereocenters. The molecule has 1 unspecified atom stereocenters. The third-order valence-corrected chi connectivity index (χ3v) is 5.06. The van der Waals surface area contributed by atoms with Crippen molar-refractivity contribution in [3.63, 3.8) is 0 Å². The van der Waals surface area contributed by atoms with Gasteiger partial charge in [-0.15, -0.1) is 0 Å². The molecule has 2 fully saturated rings. The molecule has 0 aromatic carbocycles. The van der Waals surface area contributed by atoms with Gasteiger partial charge in [-0.25, -0.2) is 0 Å². The molecule has 0 spiro atoms. The summed E-state index contributed by atoms with van der Waals surface area (Å²) in [6, 6.07) is 0. The average molecular weight is 352 g/mol. The van der Waals surface area contributed by atoms with Gasteiger partial charge in [0.05, 0.1) is 0 Å². The Kier molecular flexibility index (Phi) is 15.3. The van der Waals surface area contributed by atoms with Gasteiger partial charge in [-0.3, -0.25) is 4.90 Å². The number of hydrogen-bond donors (Lipinski definition) is 0. The van der Waals surface area contributed by atoms with E-state index in [2.05, 4.69) is 47.4 Å². The molecule has 0 amide bonds. The number of likely N-dealkylation sites (N-methyl/N-ethyl adjacent to an activating group) is 1. The van der Waals surface area contributed by atoms with Crippen LogP contribution in [0.2, 0.25) is 0 Å². The maximum Gasteiger partial charge on any atom is 0.0227 e. The molecule has 2 rings (SSSR count). The summed E-state index contributed by atoms with van der Waals surface area (Å²) in [4.78, 5) is 7.69. The lowest BCUT2D eigenvalue weighted by molar-refractivity contribution is 0.124. The monoisotopic (exact) mass is 351 g/mol. The number of nitrogens with zero attached hydrogens (tertiary/aromatic N) is 3. The van der Waals surface area contributed by atoms with Crippen LogP contribution in [0.3, 0.4) is 0 Å². The number of rotatable bonds is 4. The number of piperidine rings is 1. The second-order valence-electron chi connectivity index (χ2n) is 6.86. The SMILES string of the molecule is CC.CC.CCC(C)C#CC1CCN(CCN2CCN(C)CC2)CC1. The Labute approximate surface area is 159 Å². The maximum absolute atomic E-state index is 3.51. The summed E-state index contributed by atoms with van der Waals surface area (Å²) in [6.45, 7) is 22.4. The van der Waals surface area contributed by atoms with Crippen molar-refractivity contribution in [3.05, 3.63) is 0 Å². The first-order valence-corrected chi connectivity index (χ1v) is 10.8. The van der Waals surface area contributed by atoms with E-state index in [1.54, 1.807) is 0 Å². The highest BCUT2D eigenvalue weighted by Gasteiger charge is 2.19. The van der Waals surface area contributed by atoms with E-state index in [-0.39, 0.29) is 0 Å². The number of piperazine rings is 1. The zero-order valence-corrected chi connectivity index (χ0v) is 18.3. The molecule has 3 nitrogen and oxygen atoms in total. The van der Waals surface area contributed by atoms with Crippen molar-refractivity contribution in [2.45, 2.75) is 60.8 Å². The molecule has 0 aliphatic carbocycles. The van der Waals surface area contributed by atoms with E-state index < -0.39 is 0 Å². The van der Waals surface area contributed by atoms with E-state index in [9.17, 15) is 0 Å². The van der Waals surface area contributed by atoms with Crippen LogP contribution in [0.4, 0.5) is 0 Å². The van der Waals surface area contributed by atoms with Gasteiger partial charge in [-0.05, 0) is 39.4 Å². The van der Waals surface area contributed by atoms with Gasteiger partial charge in [0.15, 0.2) is 0 Å². The largest absolute Gasteiger partial charge is 0.304 e. The van der Waals surface area contributed by atoms with Crippen LogP contribution in [-0.2, 0) is 0 Å². The van der Waals surface area contributed by atoms with Crippen LogP contribution in [-0.4, -0.2) is 74.1 Å². The summed E-state index contributed by atoms with van der Waals surface area (Å²) < 4.78 is 0. The van der Waals surface area contributed by atoms with Gasteiger partial charge in [0.25, 0.3) is 0 Å². The summed E-state index contributed by atoms with van der Waals surface area (Å²) in [5.74, 6) is 8.16. The molecule has 25 heavy (non-hydrogen) atoms. The molecule has 2 saturated heterocycles. The minimum Gasteiger partial charge on any atom is -0.304 e. The predicted molar refractivity (Wildman–Crippen MR) is 113 cm³/mol. The Balaban J connectivity index is 0.00000134. The van der Waals surface area contributed by atoms with E-state index in [4.69, 9.17) is 0 Å². The Bertz CT molecular complexity index is 342. The van der Waals surface area contributed by atoms with Crippen LogP contribution in [0, 0.1) is 23.7 Å². The van der Waals surface area contributed by atoms with Gasteiger partial charge in [0.2, 0.25) is 0 Å². The van der Waals surface area contributed by atoms with Crippen LogP contribution in [0.5, 0.6) is 0 Å². The van der Waals surface area contributed by atoms with Crippen molar-refractivity contribution < 1.29 is 0 Å². The van der Waals surface area contributed by atoms with Crippen LogP contribution in [0.1, 0.15) is 60.8 Å². The summed E-state index contributed by atoms with van der Waals surface area (Å²) in [6.07, 6.45) is 3.72. The van der Waals surface area contributed by atoms with Gasteiger partial charge < -0.3 is 9.80 Å². The smallest absolute Gasteiger partial charge is 0.0227 e. The van der Waals surface area contributed by atoms with E-state index >= 15 is 0 Å². The lowest BCUT2D eigenvalue weighted by Gasteiger charge is -2.35. The minimum absolute atomic E-state index is 0.570. The zero-order chi connectivity index (χ0) is 19.1. The number of likely N-dealkylation sites (tertiary alicyclic amines) is 1. The summed E-state index contributed by atoms with van der Waals surface area (Å²) >= 11 is 0. The standard InChI is InChI=1S/C18H33N3.2C2H6/c1-4-17(2)5-6-18-7-9-20(10-8-18)15-16-21-13-11-19(3)12-14-21;2*1-2/h17-18H,4,7-16H2,1-3H3;2*1-2H3. The molecule has 0 aromatic heterocycles. The van der Waals surface area contributed by atoms with Gasteiger partial charge in [-0.1, -0.05) is 53.4 Å². The molecule has 0 aromatic rings. The molecule has 0 bridgehead atoms. The minimum atomic E-state index is 0.570. The third-order valence-electron chi connectivity index (χ3n) is 5.06. The topological polar surface area (TPSA) is 9.72 Å². The Morgan fingerprint density at radius 3 is 1.80 bits per heavy atom. The van der Waals surface area contributed by atoms with Crippen LogP contribution < -0.4 is 0 Å². The summed E-state index contributed by atoms with van der Waals surface area (Å²) in [7, 11) is 2.22.